The average molecular weight is 311 g/mol. The van der Waals surface area contributed by atoms with Crippen LogP contribution in [0.3, 0.4) is 0 Å². The number of benzene rings is 1. The Labute approximate surface area is 131 Å². The summed E-state index contributed by atoms with van der Waals surface area (Å²) in [6.07, 6.45) is 3.03. The van der Waals surface area contributed by atoms with E-state index in [1.165, 1.54) is 0 Å². The van der Waals surface area contributed by atoms with Gasteiger partial charge in [0.05, 0.1) is 12.2 Å². The Morgan fingerprint density at radius 1 is 1.52 bits per heavy atom. The largest absolute Gasteiger partial charge is 0.493 e. The summed E-state index contributed by atoms with van der Waals surface area (Å²) < 4.78 is 5.68. The lowest BCUT2D eigenvalue weighted by molar-refractivity contribution is 0.0694. The van der Waals surface area contributed by atoms with E-state index in [0.29, 0.717) is 29.0 Å². The number of halogens is 1. The fraction of sp³-hybridized carbons (Fsp3) is 0.562. The quantitative estimate of drug-likeness (QED) is 0.909. The highest BCUT2D eigenvalue weighted by Crippen LogP contribution is 2.26. The predicted molar refractivity (Wildman–Crippen MR) is 85.2 cm³/mol. The fourth-order valence-corrected chi connectivity index (χ4v) is 2.75. The first-order chi connectivity index (χ1) is 10.2. The topological polar surface area (TPSA) is 41.6 Å². The van der Waals surface area contributed by atoms with Gasteiger partial charge in [-0.3, -0.25) is 4.79 Å². The van der Waals surface area contributed by atoms with E-state index in [1.807, 2.05) is 18.9 Å². The van der Waals surface area contributed by atoms with Gasteiger partial charge in [0, 0.05) is 24.2 Å². The molecule has 1 N–H and O–H groups in total. The highest BCUT2D eigenvalue weighted by Gasteiger charge is 2.25. The summed E-state index contributed by atoms with van der Waals surface area (Å²) in [6, 6.07) is 5.61. The number of carbonyl (C=O) groups excluding carboxylic acids is 1. The maximum Gasteiger partial charge on any atom is 0.257 e. The molecule has 1 atom stereocenters. The van der Waals surface area contributed by atoms with Crippen LogP contribution in [0.25, 0.3) is 0 Å². The van der Waals surface area contributed by atoms with Gasteiger partial charge in [-0.25, -0.2) is 0 Å². The second kappa shape index (κ2) is 7.66. The van der Waals surface area contributed by atoms with Crippen molar-refractivity contribution < 1.29 is 9.53 Å². The number of likely N-dealkylation sites (N-methyl/N-ethyl adjacent to an activating group) is 1. The van der Waals surface area contributed by atoms with Crippen LogP contribution in [0.4, 0.5) is 0 Å². The monoisotopic (exact) mass is 310 g/mol. The number of piperidine rings is 1. The second-order valence-corrected chi connectivity index (χ2v) is 5.80. The minimum absolute atomic E-state index is 0.00329. The van der Waals surface area contributed by atoms with Crippen molar-refractivity contribution in [3.05, 3.63) is 28.8 Å². The molecule has 1 amide bonds. The molecule has 2 rings (SSSR count). The lowest BCUT2D eigenvalue weighted by Crippen LogP contribution is -2.47. The van der Waals surface area contributed by atoms with E-state index in [2.05, 4.69) is 5.32 Å². The number of amides is 1. The Balaban J connectivity index is 2.18. The number of likely N-dealkylation sites (tertiary alicyclic amines) is 1. The van der Waals surface area contributed by atoms with Gasteiger partial charge in [-0.1, -0.05) is 18.5 Å². The van der Waals surface area contributed by atoms with E-state index in [4.69, 9.17) is 16.3 Å². The number of carbonyl (C=O) groups is 1. The lowest BCUT2D eigenvalue weighted by atomic mass is 10.0. The van der Waals surface area contributed by atoms with E-state index in [1.54, 1.807) is 18.2 Å². The third-order valence-electron chi connectivity index (χ3n) is 3.75. The first-order valence-electron chi connectivity index (χ1n) is 7.54. The third-order valence-corrected chi connectivity index (χ3v) is 3.99. The maximum atomic E-state index is 12.8. The van der Waals surface area contributed by atoms with Crippen molar-refractivity contribution in [3.63, 3.8) is 0 Å². The standard InChI is InChI=1S/C16H23ClN2O2/c1-3-9-21-15-7-6-12(17)10-14(15)16(20)19-8-4-5-13(11-19)18-2/h6-7,10,13,18H,3-5,8-9,11H2,1-2H3. The van der Waals surface area contributed by atoms with Crippen molar-refractivity contribution in [2.45, 2.75) is 32.2 Å². The SMILES string of the molecule is CCCOc1ccc(Cl)cc1C(=O)N1CCCC(NC)C1. The summed E-state index contributed by atoms with van der Waals surface area (Å²) in [6.45, 7) is 4.16. The molecule has 0 spiro atoms. The zero-order valence-corrected chi connectivity index (χ0v) is 13.4. The van der Waals surface area contributed by atoms with Crippen LogP contribution < -0.4 is 10.1 Å². The molecule has 0 radical (unpaired) electrons. The molecular weight excluding hydrogens is 288 g/mol. The van der Waals surface area contributed by atoms with Crippen molar-refractivity contribution >= 4 is 17.5 Å². The summed E-state index contributed by atoms with van der Waals surface area (Å²) in [5.41, 5.74) is 0.563. The van der Waals surface area contributed by atoms with Crippen LogP contribution in [-0.2, 0) is 0 Å². The Kier molecular flexibility index (Phi) is 5.88. The predicted octanol–water partition coefficient (Wildman–Crippen LogP) is 2.95. The van der Waals surface area contributed by atoms with Crippen LogP contribution >= 0.6 is 11.6 Å². The molecule has 116 valence electrons. The zero-order valence-electron chi connectivity index (χ0n) is 12.7. The molecular formula is C16H23ClN2O2. The highest BCUT2D eigenvalue weighted by molar-refractivity contribution is 6.31. The minimum atomic E-state index is 0.00329. The smallest absolute Gasteiger partial charge is 0.257 e. The Hall–Kier alpha value is -1.26. The van der Waals surface area contributed by atoms with Crippen molar-refractivity contribution in [1.82, 2.24) is 10.2 Å². The van der Waals surface area contributed by atoms with Crippen molar-refractivity contribution in [2.24, 2.45) is 0 Å². The summed E-state index contributed by atoms with van der Waals surface area (Å²) in [5, 5.41) is 3.81. The summed E-state index contributed by atoms with van der Waals surface area (Å²) >= 11 is 6.05. The summed E-state index contributed by atoms with van der Waals surface area (Å²) in [4.78, 5) is 14.6. The van der Waals surface area contributed by atoms with Crippen LogP contribution in [0.15, 0.2) is 18.2 Å². The van der Waals surface area contributed by atoms with Gasteiger partial charge in [-0.2, -0.15) is 0 Å². The van der Waals surface area contributed by atoms with Gasteiger partial charge < -0.3 is 15.0 Å². The number of nitrogens with one attached hydrogen (secondary N) is 1. The Bertz CT molecular complexity index is 493. The molecule has 4 nitrogen and oxygen atoms in total. The molecule has 1 aliphatic rings. The molecule has 1 heterocycles. The van der Waals surface area contributed by atoms with Gasteiger partial charge in [0.25, 0.3) is 5.91 Å². The van der Waals surface area contributed by atoms with Crippen molar-refractivity contribution in [3.8, 4) is 5.75 Å². The molecule has 1 fully saturated rings. The molecule has 0 saturated carbocycles. The molecule has 0 aliphatic carbocycles. The van der Waals surface area contributed by atoms with Crippen LogP contribution in [0, 0.1) is 0 Å². The second-order valence-electron chi connectivity index (χ2n) is 5.37. The number of hydrogen-bond donors (Lipinski definition) is 1. The molecule has 1 saturated heterocycles. The van der Waals surface area contributed by atoms with E-state index in [0.717, 1.165) is 32.4 Å². The normalized spacial score (nSPS) is 18.6. The Morgan fingerprint density at radius 3 is 3.05 bits per heavy atom. The van der Waals surface area contributed by atoms with Gasteiger partial charge >= 0.3 is 0 Å². The number of rotatable bonds is 5. The molecule has 1 aromatic rings. The number of ether oxygens (including phenoxy) is 1. The fourth-order valence-electron chi connectivity index (χ4n) is 2.57. The van der Waals surface area contributed by atoms with E-state index in [-0.39, 0.29) is 5.91 Å². The van der Waals surface area contributed by atoms with Gasteiger partial charge in [-0.05, 0) is 44.5 Å². The van der Waals surface area contributed by atoms with Gasteiger partial charge in [-0.15, -0.1) is 0 Å². The Morgan fingerprint density at radius 2 is 2.33 bits per heavy atom. The van der Waals surface area contributed by atoms with E-state index < -0.39 is 0 Å². The minimum Gasteiger partial charge on any atom is -0.493 e. The molecule has 0 bridgehead atoms. The number of nitrogens with zero attached hydrogens (tertiary/aromatic N) is 1. The molecule has 0 aromatic heterocycles. The molecule has 5 heteroatoms. The maximum absolute atomic E-state index is 12.8. The molecule has 1 aliphatic heterocycles. The first-order valence-corrected chi connectivity index (χ1v) is 7.92. The summed E-state index contributed by atoms with van der Waals surface area (Å²) in [7, 11) is 1.94. The van der Waals surface area contributed by atoms with Crippen molar-refractivity contribution in [1.29, 1.82) is 0 Å². The molecule has 1 aromatic carbocycles. The lowest BCUT2D eigenvalue weighted by Gasteiger charge is -2.33. The first kappa shape index (κ1) is 16.1. The molecule has 1 unspecified atom stereocenters. The highest BCUT2D eigenvalue weighted by atomic mass is 35.5. The van der Waals surface area contributed by atoms with Crippen molar-refractivity contribution in [2.75, 3.05) is 26.7 Å². The van der Waals surface area contributed by atoms with Gasteiger partial charge in [0.1, 0.15) is 5.75 Å². The summed E-state index contributed by atoms with van der Waals surface area (Å²) in [5.74, 6) is 0.626. The van der Waals surface area contributed by atoms with E-state index >= 15 is 0 Å². The van der Waals surface area contributed by atoms with Crippen LogP contribution in [0.1, 0.15) is 36.5 Å². The van der Waals surface area contributed by atoms with E-state index in [9.17, 15) is 4.79 Å². The molecule has 21 heavy (non-hydrogen) atoms. The van der Waals surface area contributed by atoms with Crippen LogP contribution in [-0.4, -0.2) is 43.6 Å². The zero-order chi connectivity index (χ0) is 15.2. The number of hydrogen-bond acceptors (Lipinski definition) is 3. The van der Waals surface area contributed by atoms with Crippen LogP contribution in [0.5, 0.6) is 5.75 Å². The van der Waals surface area contributed by atoms with Gasteiger partial charge in [0.15, 0.2) is 0 Å². The average Bonchev–Trinajstić information content (AvgIpc) is 2.53. The van der Waals surface area contributed by atoms with Crippen LogP contribution in [0.2, 0.25) is 5.02 Å². The third kappa shape index (κ3) is 4.11. The van der Waals surface area contributed by atoms with Gasteiger partial charge in [0.2, 0.25) is 0 Å².